The molecule has 4 nitrogen and oxygen atoms in total. The summed E-state index contributed by atoms with van der Waals surface area (Å²) in [6, 6.07) is 12.3. The molecule has 0 aliphatic heterocycles. The number of anilines is 1. The first-order chi connectivity index (χ1) is 11.4. The van der Waals surface area contributed by atoms with Crippen LogP contribution in [-0.2, 0) is 9.53 Å². The van der Waals surface area contributed by atoms with Crippen LogP contribution in [0.1, 0.15) is 22.8 Å². The van der Waals surface area contributed by atoms with Crippen LogP contribution in [0.25, 0.3) is 0 Å². The van der Waals surface area contributed by atoms with E-state index >= 15 is 0 Å². The van der Waals surface area contributed by atoms with Crippen LogP contribution in [0, 0.1) is 6.92 Å². The fourth-order valence-electron chi connectivity index (χ4n) is 1.99. The molecule has 0 heterocycles. The van der Waals surface area contributed by atoms with E-state index in [1.54, 1.807) is 42.1 Å². The second-order valence-electron chi connectivity index (χ2n) is 5.18. The van der Waals surface area contributed by atoms with Gasteiger partial charge in [0.2, 0.25) is 0 Å². The topological polar surface area (TPSA) is 55.4 Å². The van der Waals surface area contributed by atoms with Crippen LogP contribution in [0.2, 0.25) is 5.02 Å². The van der Waals surface area contributed by atoms with Crippen LogP contribution >= 0.6 is 23.4 Å². The highest BCUT2D eigenvalue weighted by atomic mass is 35.5. The summed E-state index contributed by atoms with van der Waals surface area (Å²) in [5.74, 6) is -0.942. The molecule has 24 heavy (non-hydrogen) atoms. The van der Waals surface area contributed by atoms with Gasteiger partial charge in [-0.05, 0) is 62.1 Å². The minimum Gasteiger partial charge on any atom is -0.449 e. The number of carbonyl (C=O) groups is 2. The number of hydrogen-bond donors (Lipinski definition) is 1. The van der Waals surface area contributed by atoms with Crippen molar-refractivity contribution < 1.29 is 14.3 Å². The number of ether oxygens (including phenoxy) is 1. The Morgan fingerprint density at radius 2 is 1.83 bits per heavy atom. The van der Waals surface area contributed by atoms with Gasteiger partial charge in [0, 0.05) is 15.6 Å². The molecule has 0 spiro atoms. The SMILES string of the molecule is CSc1ccc(C(=O)O[C@H](C)C(=O)Nc2cccc(Cl)c2C)cc1. The highest BCUT2D eigenvalue weighted by molar-refractivity contribution is 7.98. The third kappa shape index (κ3) is 4.52. The Kier molecular flexibility index (Phi) is 6.29. The molecule has 1 N–H and O–H groups in total. The predicted molar refractivity (Wildman–Crippen MR) is 97.9 cm³/mol. The van der Waals surface area contributed by atoms with Crippen molar-refractivity contribution in [3.8, 4) is 0 Å². The lowest BCUT2D eigenvalue weighted by Gasteiger charge is -2.15. The van der Waals surface area contributed by atoms with E-state index in [0.717, 1.165) is 10.5 Å². The summed E-state index contributed by atoms with van der Waals surface area (Å²) in [5, 5.41) is 3.28. The van der Waals surface area contributed by atoms with Crippen LogP contribution in [0.5, 0.6) is 0 Å². The molecule has 0 aliphatic rings. The number of nitrogens with one attached hydrogen (secondary N) is 1. The van der Waals surface area contributed by atoms with Crippen LogP contribution in [0.3, 0.4) is 0 Å². The maximum Gasteiger partial charge on any atom is 0.338 e. The van der Waals surface area contributed by atoms with Gasteiger partial charge in [-0.1, -0.05) is 17.7 Å². The summed E-state index contributed by atoms with van der Waals surface area (Å²) in [6.07, 6.45) is 1.04. The van der Waals surface area contributed by atoms with Crippen LogP contribution in [0.15, 0.2) is 47.4 Å². The first kappa shape index (κ1) is 18.4. The second kappa shape index (κ2) is 8.22. The standard InChI is InChI=1S/C18H18ClNO3S/c1-11-15(19)5-4-6-16(11)20-17(21)12(2)23-18(22)13-7-9-14(24-3)10-8-13/h4-10,12H,1-3H3,(H,20,21)/t12-/m1/s1. The van der Waals surface area contributed by atoms with Gasteiger partial charge in [-0.25, -0.2) is 4.79 Å². The van der Waals surface area contributed by atoms with Gasteiger partial charge in [-0.15, -0.1) is 11.8 Å². The number of benzene rings is 2. The molecule has 0 saturated carbocycles. The molecule has 2 rings (SSSR count). The average Bonchev–Trinajstić information content (AvgIpc) is 2.58. The zero-order valence-electron chi connectivity index (χ0n) is 13.6. The van der Waals surface area contributed by atoms with Crippen molar-refractivity contribution in [1.82, 2.24) is 0 Å². The maximum atomic E-state index is 12.2. The average molecular weight is 364 g/mol. The Morgan fingerprint density at radius 1 is 1.17 bits per heavy atom. The van der Waals surface area contributed by atoms with Gasteiger partial charge < -0.3 is 10.1 Å². The molecule has 0 bridgehead atoms. The molecule has 0 unspecified atom stereocenters. The molecule has 0 saturated heterocycles. The summed E-state index contributed by atoms with van der Waals surface area (Å²) >= 11 is 7.61. The van der Waals surface area contributed by atoms with E-state index in [-0.39, 0.29) is 0 Å². The fraction of sp³-hybridized carbons (Fsp3) is 0.222. The largest absolute Gasteiger partial charge is 0.449 e. The van der Waals surface area contributed by atoms with E-state index in [4.69, 9.17) is 16.3 Å². The number of amides is 1. The molecule has 1 atom stereocenters. The molecular formula is C18H18ClNO3S. The molecule has 2 aromatic carbocycles. The van der Waals surface area contributed by atoms with Crippen molar-refractivity contribution >= 4 is 40.9 Å². The zero-order chi connectivity index (χ0) is 17.7. The first-order valence-corrected chi connectivity index (χ1v) is 8.93. The Balaban J connectivity index is 2.00. The number of carbonyl (C=O) groups excluding carboxylic acids is 2. The maximum absolute atomic E-state index is 12.2. The van der Waals surface area contributed by atoms with Crippen molar-refractivity contribution in [2.24, 2.45) is 0 Å². The second-order valence-corrected chi connectivity index (χ2v) is 6.46. The van der Waals surface area contributed by atoms with E-state index in [0.29, 0.717) is 16.3 Å². The van der Waals surface area contributed by atoms with Gasteiger partial charge in [0.05, 0.1) is 5.56 Å². The van der Waals surface area contributed by atoms with Crippen molar-refractivity contribution in [1.29, 1.82) is 0 Å². The third-order valence-electron chi connectivity index (χ3n) is 3.50. The normalized spacial score (nSPS) is 11.7. The van der Waals surface area contributed by atoms with Crippen LogP contribution < -0.4 is 5.32 Å². The number of hydrogen-bond acceptors (Lipinski definition) is 4. The van der Waals surface area contributed by atoms with Gasteiger partial charge in [0.25, 0.3) is 5.91 Å². The molecule has 1 amide bonds. The van der Waals surface area contributed by atoms with Crippen molar-refractivity contribution in [3.63, 3.8) is 0 Å². The van der Waals surface area contributed by atoms with Gasteiger partial charge in [-0.2, -0.15) is 0 Å². The smallest absolute Gasteiger partial charge is 0.338 e. The zero-order valence-corrected chi connectivity index (χ0v) is 15.2. The third-order valence-corrected chi connectivity index (χ3v) is 4.66. The molecule has 0 radical (unpaired) electrons. The first-order valence-electron chi connectivity index (χ1n) is 7.33. The minimum atomic E-state index is -0.920. The lowest BCUT2D eigenvalue weighted by molar-refractivity contribution is -0.123. The van der Waals surface area contributed by atoms with E-state index in [1.165, 1.54) is 6.92 Å². The van der Waals surface area contributed by atoms with Gasteiger partial charge in [0.1, 0.15) is 0 Å². The summed E-state index contributed by atoms with van der Waals surface area (Å²) in [6.45, 7) is 3.34. The van der Waals surface area contributed by atoms with Crippen LogP contribution in [0.4, 0.5) is 5.69 Å². The van der Waals surface area contributed by atoms with Crippen molar-refractivity contribution in [2.45, 2.75) is 24.8 Å². The van der Waals surface area contributed by atoms with Gasteiger partial charge >= 0.3 is 5.97 Å². The summed E-state index contributed by atoms with van der Waals surface area (Å²) < 4.78 is 5.22. The molecule has 2 aromatic rings. The highest BCUT2D eigenvalue weighted by Crippen LogP contribution is 2.23. The Bertz CT molecular complexity index is 746. The Hall–Kier alpha value is -1.98. The molecule has 0 fully saturated rings. The van der Waals surface area contributed by atoms with E-state index in [9.17, 15) is 9.59 Å². The van der Waals surface area contributed by atoms with Gasteiger partial charge in [-0.3, -0.25) is 4.79 Å². The number of halogens is 1. The van der Waals surface area contributed by atoms with E-state index in [1.807, 2.05) is 25.3 Å². The Labute approximate surface area is 150 Å². The number of esters is 1. The molecule has 0 aromatic heterocycles. The lowest BCUT2D eigenvalue weighted by Crippen LogP contribution is -2.30. The van der Waals surface area contributed by atoms with Crippen molar-refractivity contribution in [3.05, 3.63) is 58.6 Å². The Morgan fingerprint density at radius 3 is 2.46 bits per heavy atom. The minimum absolute atomic E-state index is 0.408. The predicted octanol–water partition coefficient (Wildman–Crippen LogP) is 4.55. The molecule has 126 valence electrons. The summed E-state index contributed by atoms with van der Waals surface area (Å²) in [5.41, 5.74) is 1.77. The molecular weight excluding hydrogens is 346 g/mol. The summed E-state index contributed by atoms with van der Waals surface area (Å²) in [4.78, 5) is 25.4. The quantitative estimate of drug-likeness (QED) is 0.625. The fourth-order valence-corrected chi connectivity index (χ4v) is 2.57. The molecule has 0 aliphatic carbocycles. The molecule has 6 heteroatoms. The number of thioether (sulfide) groups is 1. The van der Waals surface area contributed by atoms with E-state index < -0.39 is 18.0 Å². The van der Waals surface area contributed by atoms with Gasteiger partial charge in [0.15, 0.2) is 6.10 Å². The highest BCUT2D eigenvalue weighted by Gasteiger charge is 2.19. The van der Waals surface area contributed by atoms with Crippen molar-refractivity contribution in [2.75, 3.05) is 11.6 Å². The van der Waals surface area contributed by atoms with E-state index in [2.05, 4.69) is 5.32 Å². The lowest BCUT2D eigenvalue weighted by atomic mass is 10.2. The monoisotopic (exact) mass is 363 g/mol. The van der Waals surface area contributed by atoms with Crippen LogP contribution in [-0.4, -0.2) is 24.2 Å². The summed E-state index contributed by atoms with van der Waals surface area (Å²) in [7, 11) is 0. The number of rotatable bonds is 5.